The Morgan fingerprint density at radius 3 is 0.941 bits per heavy atom. The van der Waals surface area contributed by atoms with Crippen molar-refractivity contribution in [2.75, 3.05) is 5.34 Å². The molecule has 0 heterocycles. The van der Waals surface area contributed by atoms with Crippen LogP contribution in [-0.4, -0.2) is 16.7 Å². The van der Waals surface area contributed by atoms with Crippen LogP contribution in [0.3, 0.4) is 0 Å². The first-order valence-corrected chi connectivity index (χ1v) is 15.6. The summed E-state index contributed by atoms with van der Waals surface area (Å²) >= 11 is 9.53. The zero-order valence-corrected chi connectivity index (χ0v) is 22.5. The van der Waals surface area contributed by atoms with Crippen molar-refractivity contribution < 1.29 is 0 Å². The van der Waals surface area contributed by atoms with Gasteiger partial charge in [-0.05, 0) is 61.2 Å². The number of rotatable bonds is 6. The lowest BCUT2D eigenvalue weighted by molar-refractivity contribution is 0.888. The minimum Gasteiger partial charge on any atom is -0.109 e. The van der Waals surface area contributed by atoms with Gasteiger partial charge in [-0.15, -0.1) is 23.2 Å². The first-order chi connectivity index (χ1) is 16.8. The predicted octanol–water partition coefficient (Wildman–Crippen LogP) is 7.59. The Morgan fingerprint density at radius 2 is 0.706 bits per heavy atom. The van der Waals surface area contributed by atoms with Crippen LogP contribution in [0, 0.1) is 0 Å². The number of benzene rings is 4. The molecule has 0 saturated heterocycles. The van der Waals surface area contributed by atoms with Gasteiger partial charge in [-0.3, -0.25) is 0 Å². The van der Waals surface area contributed by atoms with E-state index in [0.717, 1.165) is 0 Å². The quantitative estimate of drug-likeness (QED) is 0.180. The zero-order valence-electron chi connectivity index (χ0n) is 19.2. The average molecular weight is 523 g/mol. The smallest absolute Gasteiger partial charge is 0.0967 e. The Kier molecular flexibility index (Phi) is 10.0. The van der Waals surface area contributed by atoms with Gasteiger partial charge in [0.2, 0.25) is 0 Å². The monoisotopic (exact) mass is 522 g/mol. The molecular formula is C30H30Cl2P2. The minimum absolute atomic E-state index is 0.194. The van der Waals surface area contributed by atoms with E-state index in [2.05, 4.69) is 121 Å². The molecule has 0 bridgehead atoms. The summed E-state index contributed by atoms with van der Waals surface area (Å²) in [6, 6.07) is 45.2. The average Bonchev–Trinajstić information content (AvgIpc) is 3.36. The van der Waals surface area contributed by atoms with Crippen LogP contribution in [0.15, 0.2) is 121 Å². The van der Waals surface area contributed by atoms with Crippen LogP contribution in [0.1, 0.15) is 19.3 Å². The molecular weight excluding hydrogens is 493 g/mol. The van der Waals surface area contributed by atoms with Crippen molar-refractivity contribution in [2.45, 2.75) is 30.6 Å². The van der Waals surface area contributed by atoms with Gasteiger partial charge in [0.05, 0.1) is 5.34 Å². The molecule has 1 aliphatic carbocycles. The van der Waals surface area contributed by atoms with E-state index in [-0.39, 0.29) is 21.2 Å². The Morgan fingerprint density at radius 1 is 0.471 bits per heavy atom. The summed E-state index contributed by atoms with van der Waals surface area (Å²) < 4.78 is 0. The molecule has 4 aromatic carbocycles. The van der Waals surface area contributed by atoms with Crippen LogP contribution in [-0.2, 0) is 0 Å². The molecule has 0 nitrogen and oxygen atoms in total. The normalized spacial score (nSPS) is 17.4. The van der Waals surface area contributed by atoms with Gasteiger partial charge >= 0.3 is 0 Å². The van der Waals surface area contributed by atoms with Gasteiger partial charge in [0.25, 0.3) is 0 Å². The molecule has 2 atom stereocenters. The van der Waals surface area contributed by atoms with Crippen LogP contribution in [0.4, 0.5) is 0 Å². The van der Waals surface area contributed by atoms with Crippen molar-refractivity contribution in [1.29, 1.82) is 0 Å². The second kappa shape index (κ2) is 13.4. The summed E-state index contributed by atoms with van der Waals surface area (Å²) in [5.41, 5.74) is 1.43. The van der Waals surface area contributed by atoms with Crippen molar-refractivity contribution in [3.8, 4) is 0 Å². The SMILES string of the molecule is ClCCl.c1ccc(P(c2ccccc2)[C@H]2CCC[C@@H]2P(c2ccccc2)c2ccccc2)cc1. The lowest BCUT2D eigenvalue weighted by Crippen LogP contribution is -2.31. The summed E-state index contributed by atoms with van der Waals surface area (Å²) in [5, 5.41) is 6.29. The van der Waals surface area contributed by atoms with E-state index in [4.69, 9.17) is 23.2 Å². The molecule has 1 fully saturated rings. The second-order valence-electron chi connectivity index (χ2n) is 8.25. The fourth-order valence-corrected chi connectivity index (χ4v) is 11.7. The van der Waals surface area contributed by atoms with E-state index in [9.17, 15) is 0 Å². The molecule has 0 aromatic heterocycles. The van der Waals surface area contributed by atoms with Gasteiger partial charge in [0.15, 0.2) is 0 Å². The van der Waals surface area contributed by atoms with Crippen molar-refractivity contribution in [3.63, 3.8) is 0 Å². The van der Waals surface area contributed by atoms with Gasteiger partial charge in [-0.2, -0.15) is 0 Å². The molecule has 0 unspecified atom stereocenters. The van der Waals surface area contributed by atoms with Gasteiger partial charge in [0, 0.05) is 0 Å². The second-order valence-corrected chi connectivity index (χ2v) is 13.9. The Labute approximate surface area is 216 Å². The zero-order chi connectivity index (χ0) is 23.6. The summed E-state index contributed by atoms with van der Waals surface area (Å²) in [4.78, 5) is 0. The Hall–Kier alpha value is -1.68. The highest BCUT2D eigenvalue weighted by atomic mass is 35.5. The van der Waals surface area contributed by atoms with E-state index < -0.39 is 0 Å². The molecule has 0 amide bonds. The third kappa shape index (κ3) is 6.30. The van der Waals surface area contributed by atoms with E-state index in [1.807, 2.05) is 0 Å². The molecule has 0 N–H and O–H groups in total. The maximum absolute atomic E-state index is 4.76. The first kappa shape index (κ1) is 25.4. The van der Waals surface area contributed by atoms with Crippen molar-refractivity contribution in [2.24, 2.45) is 0 Å². The van der Waals surface area contributed by atoms with Gasteiger partial charge in [-0.1, -0.05) is 128 Å². The number of hydrogen-bond donors (Lipinski definition) is 0. The van der Waals surface area contributed by atoms with Gasteiger partial charge < -0.3 is 0 Å². The molecule has 174 valence electrons. The third-order valence-corrected chi connectivity index (χ3v) is 12.5. The third-order valence-electron chi connectivity index (χ3n) is 6.24. The number of hydrogen-bond acceptors (Lipinski definition) is 0. The maximum Gasteiger partial charge on any atom is 0.0967 e. The number of alkyl halides is 2. The highest BCUT2D eigenvalue weighted by Crippen LogP contribution is 2.57. The van der Waals surface area contributed by atoms with Crippen molar-refractivity contribution in [3.05, 3.63) is 121 Å². The van der Waals surface area contributed by atoms with Gasteiger partial charge in [-0.25, -0.2) is 0 Å². The van der Waals surface area contributed by atoms with Crippen LogP contribution in [0.2, 0.25) is 0 Å². The molecule has 4 heteroatoms. The van der Waals surface area contributed by atoms with E-state index in [0.29, 0.717) is 11.3 Å². The lowest BCUT2D eigenvalue weighted by atomic mass is 10.3. The molecule has 1 saturated carbocycles. The summed E-state index contributed by atoms with van der Waals surface area (Å²) in [7, 11) is -0.777. The van der Waals surface area contributed by atoms with Crippen LogP contribution in [0.5, 0.6) is 0 Å². The minimum atomic E-state index is -0.388. The fraction of sp³-hybridized carbons (Fsp3) is 0.200. The Bertz CT molecular complexity index is 924. The largest absolute Gasteiger partial charge is 0.109 e. The number of halogens is 2. The topological polar surface area (TPSA) is 0 Å². The van der Waals surface area contributed by atoms with Crippen LogP contribution < -0.4 is 21.2 Å². The highest BCUT2D eigenvalue weighted by Gasteiger charge is 2.40. The predicted molar refractivity (Wildman–Crippen MR) is 156 cm³/mol. The molecule has 4 aromatic rings. The van der Waals surface area contributed by atoms with Crippen LogP contribution >= 0.6 is 39.0 Å². The summed E-state index contributed by atoms with van der Waals surface area (Å²) in [5.74, 6) is 0. The van der Waals surface area contributed by atoms with Crippen LogP contribution in [0.25, 0.3) is 0 Å². The molecule has 0 aliphatic heterocycles. The Balaban J connectivity index is 0.000000868. The molecule has 0 radical (unpaired) electrons. The van der Waals surface area contributed by atoms with Crippen molar-refractivity contribution in [1.82, 2.24) is 0 Å². The highest BCUT2D eigenvalue weighted by molar-refractivity contribution is 7.77. The van der Waals surface area contributed by atoms with E-state index >= 15 is 0 Å². The maximum atomic E-state index is 4.76. The molecule has 34 heavy (non-hydrogen) atoms. The van der Waals surface area contributed by atoms with Crippen molar-refractivity contribution >= 4 is 60.3 Å². The van der Waals surface area contributed by atoms with E-state index in [1.54, 1.807) is 0 Å². The van der Waals surface area contributed by atoms with E-state index in [1.165, 1.54) is 40.5 Å². The van der Waals surface area contributed by atoms with Gasteiger partial charge in [0.1, 0.15) is 0 Å². The molecule has 1 aliphatic rings. The molecule has 5 rings (SSSR count). The first-order valence-electron chi connectivity index (χ1n) is 11.7. The standard InChI is InChI=1S/C29H28P2.CH2Cl2/c1-5-14-24(15-6-1)30(25-16-7-2-8-17-25)28-22-13-23-29(28)31(26-18-9-3-10-19-26)27-20-11-4-12-21-27;2-1-3/h1-12,14-21,28-29H,13,22-23H2;1H2/t28-,29-;/m0./s1. The summed E-state index contributed by atoms with van der Waals surface area (Å²) in [6.45, 7) is 0. The lowest BCUT2D eigenvalue weighted by Gasteiger charge is -2.35. The molecule has 0 spiro atoms. The summed E-state index contributed by atoms with van der Waals surface area (Å²) in [6.07, 6.45) is 4.00. The fourth-order valence-electron chi connectivity index (χ4n) is 4.94.